The topological polar surface area (TPSA) is 58.4 Å². The van der Waals surface area contributed by atoms with Crippen LogP contribution in [0.5, 0.6) is 0 Å². The second-order valence-electron chi connectivity index (χ2n) is 3.31. The SMILES string of the molecule is CC.CNCN1CCC(C(N)=O)CC1. The summed E-state index contributed by atoms with van der Waals surface area (Å²) in [6, 6.07) is 0. The van der Waals surface area contributed by atoms with Gasteiger partial charge in [0, 0.05) is 25.7 Å². The highest BCUT2D eigenvalue weighted by Crippen LogP contribution is 2.15. The first-order valence-electron chi connectivity index (χ1n) is 5.40. The average Bonchev–Trinajstić information content (AvgIpc) is 2.22. The predicted molar refractivity (Wildman–Crippen MR) is 58.8 cm³/mol. The first kappa shape index (κ1) is 13.4. The minimum atomic E-state index is -0.140. The fraction of sp³-hybridized carbons (Fsp3) is 0.900. The third-order valence-electron chi connectivity index (χ3n) is 2.37. The largest absolute Gasteiger partial charge is 0.369 e. The molecule has 0 bridgehead atoms. The van der Waals surface area contributed by atoms with Crippen molar-refractivity contribution in [2.24, 2.45) is 11.7 Å². The van der Waals surface area contributed by atoms with Crippen molar-refractivity contribution in [1.82, 2.24) is 10.2 Å². The maximum atomic E-state index is 10.8. The molecule has 0 saturated carbocycles. The first-order chi connectivity index (χ1) is 6.74. The van der Waals surface area contributed by atoms with E-state index in [9.17, 15) is 4.79 Å². The summed E-state index contributed by atoms with van der Waals surface area (Å²) in [6.45, 7) is 6.87. The number of carbonyl (C=O) groups excluding carboxylic acids is 1. The van der Waals surface area contributed by atoms with Crippen LogP contribution < -0.4 is 11.1 Å². The summed E-state index contributed by atoms with van der Waals surface area (Å²) in [6.07, 6.45) is 1.83. The zero-order valence-electron chi connectivity index (χ0n) is 9.55. The molecule has 1 amide bonds. The number of likely N-dealkylation sites (tertiary alicyclic amines) is 1. The van der Waals surface area contributed by atoms with Gasteiger partial charge in [-0.2, -0.15) is 0 Å². The van der Waals surface area contributed by atoms with Gasteiger partial charge in [-0.3, -0.25) is 9.69 Å². The summed E-state index contributed by atoms with van der Waals surface area (Å²) < 4.78 is 0. The van der Waals surface area contributed by atoms with Gasteiger partial charge in [0.2, 0.25) is 5.91 Å². The highest BCUT2D eigenvalue weighted by Gasteiger charge is 2.22. The number of hydrogen-bond donors (Lipinski definition) is 2. The Hall–Kier alpha value is -0.610. The van der Waals surface area contributed by atoms with E-state index in [4.69, 9.17) is 5.73 Å². The molecular weight excluding hydrogens is 178 g/mol. The van der Waals surface area contributed by atoms with Crippen LogP contribution in [0.4, 0.5) is 0 Å². The Morgan fingerprint density at radius 1 is 1.43 bits per heavy atom. The van der Waals surface area contributed by atoms with E-state index in [0.717, 1.165) is 32.6 Å². The molecule has 0 unspecified atom stereocenters. The van der Waals surface area contributed by atoms with E-state index in [1.165, 1.54) is 0 Å². The van der Waals surface area contributed by atoms with Crippen molar-refractivity contribution in [3.63, 3.8) is 0 Å². The average molecular weight is 201 g/mol. The summed E-state index contributed by atoms with van der Waals surface area (Å²) in [5.41, 5.74) is 5.21. The highest BCUT2D eigenvalue weighted by molar-refractivity contribution is 5.76. The summed E-state index contributed by atoms with van der Waals surface area (Å²) >= 11 is 0. The summed E-state index contributed by atoms with van der Waals surface area (Å²) in [7, 11) is 1.93. The molecule has 1 aliphatic heterocycles. The molecule has 1 rings (SSSR count). The molecule has 0 aromatic heterocycles. The maximum Gasteiger partial charge on any atom is 0.220 e. The van der Waals surface area contributed by atoms with E-state index in [-0.39, 0.29) is 11.8 Å². The molecule has 14 heavy (non-hydrogen) atoms. The second-order valence-corrected chi connectivity index (χ2v) is 3.31. The number of primary amides is 1. The standard InChI is InChI=1S/C8H17N3O.C2H6/c1-10-6-11-4-2-7(3-5-11)8(9)12;1-2/h7,10H,2-6H2,1H3,(H2,9,12);1-2H3. The molecule has 0 radical (unpaired) electrons. The van der Waals surface area contributed by atoms with Gasteiger partial charge in [-0.15, -0.1) is 0 Å². The Labute approximate surface area is 86.8 Å². The molecule has 0 aliphatic carbocycles. The van der Waals surface area contributed by atoms with E-state index in [2.05, 4.69) is 10.2 Å². The number of nitrogens with zero attached hydrogens (tertiary/aromatic N) is 1. The first-order valence-corrected chi connectivity index (χ1v) is 5.40. The van der Waals surface area contributed by atoms with Crippen LogP contribution in [0.2, 0.25) is 0 Å². The molecule has 3 N–H and O–H groups in total. The van der Waals surface area contributed by atoms with Crippen LogP contribution in [0.1, 0.15) is 26.7 Å². The lowest BCUT2D eigenvalue weighted by atomic mass is 9.97. The Morgan fingerprint density at radius 2 is 1.93 bits per heavy atom. The van der Waals surface area contributed by atoms with E-state index in [1.807, 2.05) is 20.9 Å². The van der Waals surface area contributed by atoms with Crippen LogP contribution >= 0.6 is 0 Å². The Balaban J connectivity index is 0.000000791. The smallest absolute Gasteiger partial charge is 0.220 e. The van der Waals surface area contributed by atoms with Crippen LogP contribution in [0, 0.1) is 5.92 Å². The molecular formula is C10H23N3O. The lowest BCUT2D eigenvalue weighted by Crippen LogP contribution is -2.41. The van der Waals surface area contributed by atoms with Crippen molar-refractivity contribution in [1.29, 1.82) is 0 Å². The van der Waals surface area contributed by atoms with Gasteiger partial charge in [-0.25, -0.2) is 0 Å². The highest BCUT2D eigenvalue weighted by atomic mass is 16.1. The fourth-order valence-corrected chi connectivity index (χ4v) is 1.60. The molecule has 84 valence electrons. The minimum Gasteiger partial charge on any atom is -0.369 e. The van der Waals surface area contributed by atoms with E-state index < -0.39 is 0 Å². The van der Waals surface area contributed by atoms with Crippen LogP contribution in [0.3, 0.4) is 0 Å². The van der Waals surface area contributed by atoms with E-state index in [1.54, 1.807) is 0 Å². The van der Waals surface area contributed by atoms with Crippen LogP contribution in [0.15, 0.2) is 0 Å². The number of nitrogens with two attached hydrogens (primary N) is 1. The van der Waals surface area contributed by atoms with Gasteiger partial charge in [-0.05, 0) is 19.9 Å². The van der Waals surface area contributed by atoms with Crippen molar-refractivity contribution in [3.05, 3.63) is 0 Å². The molecule has 1 fully saturated rings. The summed E-state index contributed by atoms with van der Waals surface area (Å²) in [5.74, 6) is -0.0304. The zero-order chi connectivity index (χ0) is 11.0. The lowest BCUT2D eigenvalue weighted by Gasteiger charge is -2.29. The monoisotopic (exact) mass is 201 g/mol. The Kier molecular flexibility index (Phi) is 7.42. The maximum absolute atomic E-state index is 10.8. The third-order valence-corrected chi connectivity index (χ3v) is 2.37. The molecule has 0 atom stereocenters. The molecule has 0 aromatic rings. The number of piperidine rings is 1. The van der Waals surface area contributed by atoms with Crippen molar-refractivity contribution in [3.8, 4) is 0 Å². The van der Waals surface area contributed by atoms with Crippen molar-refractivity contribution in [2.75, 3.05) is 26.8 Å². The fourth-order valence-electron chi connectivity index (χ4n) is 1.60. The Morgan fingerprint density at radius 3 is 2.29 bits per heavy atom. The zero-order valence-corrected chi connectivity index (χ0v) is 9.55. The molecule has 0 aromatic carbocycles. The number of hydrogen-bond acceptors (Lipinski definition) is 3. The van der Waals surface area contributed by atoms with Crippen molar-refractivity contribution < 1.29 is 4.79 Å². The van der Waals surface area contributed by atoms with Gasteiger partial charge in [-0.1, -0.05) is 13.8 Å². The van der Waals surface area contributed by atoms with Gasteiger partial charge in [0.25, 0.3) is 0 Å². The molecule has 0 spiro atoms. The molecule has 4 nitrogen and oxygen atoms in total. The van der Waals surface area contributed by atoms with Crippen LogP contribution in [-0.2, 0) is 4.79 Å². The van der Waals surface area contributed by atoms with Gasteiger partial charge in [0.1, 0.15) is 0 Å². The molecule has 1 heterocycles. The van der Waals surface area contributed by atoms with Crippen LogP contribution in [0.25, 0.3) is 0 Å². The van der Waals surface area contributed by atoms with Crippen molar-refractivity contribution in [2.45, 2.75) is 26.7 Å². The Bertz CT molecular complexity index is 153. The summed E-state index contributed by atoms with van der Waals surface area (Å²) in [5, 5.41) is 3.09. The van der Waals surface area contributed by atoms with Crippen LogP contribution in [-0.4, -0.2) is 37.6 Å². The minimum absolute atomic E-state index is 0.109. The van der Waals surface area contributed by atoms with Crippen molar-refractivity contribution >= 4 is 5.91 Å². The number of nitrogens with one attached hydrogen (secondary N) is 1. The summed E-state index contributed by atoms with van der Waals surface area (Å²) in [4.78, 5) is 13.1. The quantitative estimate of drug-likeness (QED) is 0.694. The molecule has 1 saturated heterocycles. The predicted octanol–water partition coefficient (Wildman–Crippen LogP) is 0.387. The number of amides is 1. The number of rotatable bonds is 3. The second kappa shape index (κ2) is 7.76. The number of carbonyl (C=O) groups is 1. The normalized spacial score (nSPS) is 18.5. The van der Waals surface area contributed by atoms with E-state index >= 15 is 0 Å². The van der Waals surface area contributed by atoms with Gasteiger partial charge in [0.15, 0.2) is 0 Å². The lowest BCUT2D eigenvalue weighted by molar-refractivity contribution is -0.123. The van der Waals surface area contributed by atoms with Gasteiger partial charge in [0.05, 0.1) is 0 Å². The van der Waals surface area contributed by atoms with E-state index in [0.29, 0.717) is 0 Å². The van der Waals surface area contributed by atoms with Gasteiger partial charge >= 0.3 is 0 Å². The van der Waals surface area contributed by atoms with Gasteiger partial charge < -0.3 is 11.1 Å². The molecule has 1 aliphatic rings. The third kappa shape index (κ3) is 4.58. The molecule has 4 heteroatoms.